The molecule has 0 aliphatic carbocycles. The van der Waals surface area contributed by atoms with Gasteiger partial charge in [-0.2, -0.15) is 13.2 Å². The maximum absolute atomic E-state index is 14.1. The summed E-state index contributed by atoms with van der Waals surface area (Å²) in [5.41, 5.74) is -2.25. The lowest BCUT2D eigenvalue weighted by Gasteiger charge is -2.53. The van der Waals surface area contributed by atoms with E-state index in [9.17, 15) is 36.3 Å². The predicted octanol–water partition coefficient (Wildman–Crippen LogP) is 4.30. The molecule has 4 rings (SSSR count). The molecule has 0 aromatic heterocycles. The number of morpholine rings is 1. The molecule has 2 N–H and O–H groups in total. The van der Waals surface area contributed by atoms with Gasteiger partial charge in [0.05, 0.1) is 29.4 Å². The first-order valence-electron chi connectivity index (χ1n) is 12.2. The molecule has 40 heavy (non-hydrogen) atoms. The van der Waals surface area contributed by atoms with Gasteiger partial charge < -0.3 is 20.1 Å². The first-order valence-corrected chi connectivity index (χ1v) is 14.6. The summed E-state index contributed by atoms with van der Waals surface area (Å²) in [4.78, 5) is 27.0. The lowest BCUT2D eigenvalue weighted by molar-refractivity contribution is -0.181. The minimum Gasteiger partial charge on any atom is -0.465 e. The number of carboxylic acid groups (broad SMARTS) is 1. The van der Waals surface area contributed by atoms with E-state index in [1.807, 2.05) is 0 Å². The Hall–Kier alpha value is -2.58. The standard InChI is InChI=1S/C25H26Cl2F3N3O6S/c1-2-40(37,38)21-4-3-17(26)7-16(21)10-31-22(34)15-8-19(25(28,29)30)18(20(27)9-15)11-32-12-24(13-32)14-33(23(35)36)5-6-39-24/h3-4,7-9H,2,5-6,10-14H2,1H3,(H,31,34)(H,35,36). The van der Waals surface area contributed by atoms with Crippen molar-refractivity contribution in [1.82, 2.24) is 15.1 Å². The molecule has 218 valence electrons. The molecular weight excluding hydrogens is 598 g/mol. The summed E-state index contributed by atoms with van der Waals surface area (Å²) in [6, 6.07) is 5.91. The van der Waals surface area contributed by atoms with Gasteiger partial charge in [-0.15, -0.1) is 0 Å². The fraction of sp³-hybridized carbons (Fsp3) is 0.440. The molecule has 2 aromatic rings. The van der Waals surface area contributed by atoms with Crippen molar-refractivity contribution in [1.29, 1.82) is 0 Å². The lowest BCUT2D eigenvalue weighted by Crippen LogP contribution is -2.70. The second-order valence-electron chi connectivity index (χ2n) is 9.70. The summed E-state index contributed by atoms with van der Waals surface area (Å²) in [7, 11) is -3.65. The number of benzene rings is 2. The van der Waals surface area contributed by atoms with E-state index in [1.54, 1.807) is 4.90 Å². The van der Waals surface area contributed by atoms with Crippen LogP contribution in [0.1, 0.15) is 34.0 Å². The topological polar surface area (TPSA) is 116 Å². The van der Waals surface area contributed by atoms with Crippen LogP contribution in [-0.2, 0) is 33.8 Å². The Balaban J connectivity index is 1.51. The number of rotatable bonds is 7. The molecule has 0 saturated carbocycles. The van der Waals surface area contributed by atoms with Crippen molar-refractivity contribution < 1.29 is 41.0 Å². The number of carbonyl (C=O) groups is 2. The fourth-order valence-electron chi connectivity index (χ4n) is 4.91. The van der Waals surface area contributed by atoms with Crippen LogP contribution in [0.3, 0.4) is 0 Å². The van der Waals surface area contributed by atoms with Crippen molar-refractivity contribution in [3.8, 4) is 0 Å². The van der Waals surface area contributed by atoms with Crippen molar-refractivity contribution in [2.45, 2.75) is 36.7 Å². The summed E-state index contributed by atoms with van der Waals surface area (Å²) in [5, 5.41) is 11.7. The Morgan fingerprint density at radius 2 is 1.85 bits per heavy atom. The van der Waals surface area contributed by atoms with E-state index < -0.39 is 39.2 Å². The van der Waals surface area contributed by atoms with E-state index in [2.05, 4.69) is 5.32 Å². The smallest absolute Gasteiger partial charge is 0.416 e. The second-order valence-corrected chi connectivity index (χ2v) is 12.8. The van der Waals surface area contributed by atoms with E-state index >= 15 is 0 Å². The van der Waals surface area contributed by atoms with Crippen molar-refractivity contribution in [3.63, 3.8) is 0 Å². The normalized spacial score (nSPS) is 17.5. The molecule has 0 radical (unpaired) electrons. The van der Waals surface area contributed by atoms with E-state index in [0.717, 1.165) is 6.07 Å². The van der Waals surface area contributed by atoms with Crippen molar-refractivity contribution in [2.75, 3.05) is 38.5 Å². The summed E-state index contributed by atoms with van der Waals surface area (Å²) in [6.45, 7) is 1.95. The van der Waals surface area contributed by atoms with Crippen LogP contribution in [0.25, 0.3) is 0 Å². The van der Waals surface area contributed by atoms with Crippen molar-refractivity contribution >= 4 is 45.0 Å². The number of carbonyl (C=O) groups excluding carboxylic acids is 1. The summed E-state index contributed by atoms with van der Waals surface area (Å²) in [6.07, 6.45) is -5.91. The largest absolute Gasteiger partial charge is 0.465 e. The third-order valence-electron chi connectivity index (χ3n) is 6.86. The highest BCUT2D eigenvalue weighted by Crippen LogP contribution is 2.39. The van der Waals surface area contributed by atoms with Crippen LogP contribution in [-0.4, -0.2) is 79.5 Å². The third-order valence-corrected chi connectivity index (χ3v) is 9.27. The van der Waals surface area contributed by atoms with Gasteiger partial charge in [0.2, 0.25) is 0 Å². The number of sulfone groups is 1. The van der Waals surface area contributed by atoms with Gasteiger partial charge in [0.25, 0.3) is 5.91 Å². The molecule has 1 spiro atoms. The average Bonchev–Trinajstić information content (AvgIpc) is 2.86. The maximum atomic E-state index is 14.1. The highest BCUT2D eigenvalue weighted by molar-refractivity contribution is 7.91. The number of amides is 2. The van der Waals surface area contributed by atoms with Crippen molar-refractivity contribution in [3.05, 3.63) is 62.6 Å². The van der Waals surface area contributed by atoms with Gasteiger partial charge in [0.15, 0.2) is 9.84 Å². The quantitative estimate of drug-likeness (QED) is 0.472. The number of hydrogen-bond donors (Lipinski definition) is 2. The molecule has 2 aliphatic heterocycles. The van der Waals surface area contributed by atoms with E-state index in [-0.39, 0.29) is 83.3 Å². The molecule has 15 heteroatoms. The Morgan fingerprint density at radius 3 is 2.48 bits per heavy atom. The van der Waals surface area contributed by atoms with Crippen LogP contribution in [0.15, 0.2) is 35.2 Å². The van der Waals surface area contributed by atoms with Gasteiger partial charge in [-0.1, -0.05) is 30.1 Å². The molecule has 9 nitrogen and oxygen atoms in total. The number of likely N-dealkylation sites (tertiary alicyclic amines) is 1. The molecule has 2 saturated heterocycles. The SMILES string of the molecule is CCS(=O)(=O)c1ccc(Cl)cc1CNC(=O)c1cc(Cl)c(CN2CC3(C2)CN(C(=O)O)CCO3)c(C(F)(F)F)c1. The van der Waals surface area contributed by atoms with Crippen LogP contribution in [0.4, 0.5) is 18.0 Å². The van der Waals surface area contributed by atoms with Gasteiger partial charge in [0.1, 0.15) is 5.60 Å². The molecule has 2 amide bonds. The van der Waals surface area contributed by atoms with Crippen LogP contribution in [0.5, 0.6) is 0 Å². The predicted molar refractivity (Wildman–Crippen MR) is 140 cm³/mol. The van der Waals surface area contributed by atoms with E-state index in [4.69, 9.17) is 27.9 Å². The Morgan fingerprint density at radius 1 is 1.15 bits per heavy atom. The number of halogens is 5. The molecule has 0 bridgehead atoms. The van der Waals surface area contributed by atoms with Gasteiger partial charge in [0, 0.05) is 48.3 Å². The van der Waals surface area contributed by atoms with Gasteiger partial charge in [-0.25, -0.2) is 13.2 Å². The molecule has 0 unspecified atom stereocenters. The summed E-state index contributed by atoms with van der Waals surface area (Å²) < 4.78 is 72.7. The highest BCUT2D eigenvalue weighted by Gasteiger charge is 2.49. The van der Waals surface area contributed by atoms with Crippen molar-refractivity contribution in [2.24, 2.45) is 0 Å². The van der Waals surface area contributed by atoms with Crippen LogP contribution in [0, 0.1) is 0 Å². The average molecular weight is 624 g/mol. The summed E-state index contributed by atoms with van der Waals surface area (Å²) in [5.74, 6) is -1.07. The molecule has 2 fully saturated rings. The first kappa shape index (κ1) is 30.4. The van der Waals surface area contributed by atoms with Gasteiger partial charge in [-0.05, 0) is 41.5 Å². The molecular formula is C25H26Cl2F3N3O6S. The zero-order chi connectivity index (χ0) is 29.5. The minimum absolute atomic E-state index is 0.0372. The number of ether oxygens (including phenoxy) is 1. The van der Waals surface area contributed by atoms with E-state index in [0.29, 0.717) is 6.07 Å². The van der Waals surface area contributed by atoms with Crippen LogP contribution in [0.2, 0.25) is 10.0 Å². The zero-order valence-electron chi connectivity index (χ0n) is 21.2. The Kier molecular flexibility index (Phi) is 8.63. The van der Waals surface area contributed by atoms with Gasteiger partial charge in [-0.3, -0.25) is 9.69 Å². The molecule has 2 aromatic carbocycles. The number of nitrogens with one attached hydrogen (secondary N) is 1. The lowest BCUT2D eigenvalue weighted by atomic mass is 9.90. The highest BCUT2D eigenvalue weighted by atomic mass is 35.5. The minimum atomic E-state index is -4.82. The fourth-order valence-corrected chi connectivity index (χ4v) is 6.50. The van der Waals surface area contributed by atoms with Crippen LogP contribution < -0.4 is 5.32 Å². The second kappa shape index (κ2) is 11.4. The monoisotopic (exact) mass is 623 g/mol. The molecule has 2 aliphatic rings. The first-order chi connectivity index (χ1) is 18.6. The number of nitrogens with zero attached hydrogens (tertiary/aromatic N) is 2. The Bertz CT molecular complexity index is 1430. The van der Waals surface area contributed by atoms with Gasteiger partial charge >= 0.3 is 12.3 Å². The maximum Gasteiger partial charge on any atom is 0.416 e. The molecule has 2 heterocycles. The van der Waals surface area contributed by atoms with Crippen LogP contribution >= 0.6 is 23.2 Å². The summed E-state index contributed by atoms with van der Waals surface area (Å²) >= 11 is 12.3. The van der Waals surface area contributed by atoms with E-state index in [1.165, 1.54) is 30.0 Å². The Labute approximate surface area is 238 Å². The number of hydrogen-bond acceptors (Lipinski definition) is 6. The number of alkyl halides is 3. The zero-order valence-corrected chi connectivity index (χ0v) is 23.6. The third kappa shape index (κ3) is 6.49. The molecule has 0 atom stereocenters.